The third kappa shape index (κ3) is 27.4. The van der Waals surface area contributed by atoms with E-state index in [1.54, 1.807) is 98.1 Å². The van der Waals surface area contributed by atoms with Gasteiger partial charge in [-0.2, -0.15) is 47.4 Å². The minimum atomic E-state index is -6.09. The smallest absolute Gasteiger partial charge is 0.741 e. The fraction of sp³-hybridized carbons (Fsp3) is 0.0769. The molecule has 0 atom stereocenters. The SMILES string of the molecule is N#Cc1ccncc1.N#Cc1ccncc1.N#Cc1ccncc1.N#Cc1ccncc1.O=S(=O)([O-])C(F)(F)F.O=S(=O)([O-])C(F)(F)F.[Ag+].[Ag+]. The molecule has 0 amide bonds. The van der Waals surface area contributed by atoms with Crippen LogP contribution in [0.3, 0.4) is 0 Å². The van der Waals surface area contributed by atoms with Crippen molar-refractivity contribution in [1.29, 1.82) is 21.0 Å². The topological polar surface area (TPSA) is 261 Å². The summed E-state index contributed by atoms with van der Waals surface area (Å²) in [5.74, 6) is 0. The molecule has 0 aliphatic heterocycles. The number of rotatable bonds is 0. The number of hydrogen-bond acceptors (Lipinski definition) is 14. The van der Waals surface area contributed by atoms with E-state index in [-0.39, 0.29) is 44.8 Å². The number of hydrogen-bond donors (Lipinski definition) is 0. The Bertz CT molecular complexity index is 1650. The summed E-state index contributed by atoms with van der Waals surface area (Å²) in [7, 11) is -12.2. The minimum absolute atomic E-state index is 0. The molecule has 14 nitrogen and oxygen atoms in total. The van der Waals surface area contributed by atoms with E-state index in [0.29, 0.717) is 22.3 Å². The Labute approximate surface area is 312 Å². The number of nitrogens with zero attached hydrogens (tertiary/aromatic N) is 8. The van der Waals surface area contributed by atoms with Crippen LogP contribution < -0.4 is 0 Å². The van der Waals surface area contributed by atoms with Gasteiger partial charge in [0.25, 0.3) is 0 Å². The molecule has 0 spiro atoms. The van der Waals surface area contributed by atoms with Gasteiger partial charge < -0.3 is 9.11 Å². The van der Waals surface area contributed by atoms with Crippen LogP contribution >= 0.6 is 0 Å². The Hall–Kier alpha value is -4.56. The van der Waals surface area contributed by atoms with Gasteiger partial charge in [-0.3, -0.25) is 19.9 Å². The van der Waals surface area contributed by atoms with E-state index in [2.05, 4.69) is 19.9 Å². The molecule has 4 rings (SSSR count). The van der Waals surface area contributed by atoms with Crippen molar-refractivity contribution in [3.05, 3.63) is 120 Å². The van der Waals surface area contributed by atoms with E-state index in [1.165, 1.54) is 0 Å². The van der Waals surface area contributed by atoms with Crippen LogP contribution in [0.1, 0.15) is 22.3 Å². The average molecular weight is 930 g/mol. The van der Waals surface area contributed by atoms with Gasteiger partial charge in [0.2, 0.25) is 0 Å². The van der Waals surface area contributed by atoms with Crippen LogP contribution in [0.4, 0.5) is 26.3 Å². The predicted octanol–water partition coefficient (Wildman–Crippen LogP) is 3.91. The van der Waals surface area contributed by atoms with Gasteiger partial charge >= 0.3 is 55.8 Å². The summed E-state index contributed by atoms with van der Waals surface area (Å²) >= 11 is 0. The molecule has 0 saturated heterocycles. The molecule has 0 radical (unpaired) electrons. The molecule has 4 heterocycles. The molecule has 24 heteroatoms. The standard InChI is InChI=1S/4C6H4N2.2CHF3O3S.2Ag/c4*7-5-6-1-3-8-4-2-6;2*2-1(3,4)8(5,6)7;;/h4*1-4H;2*(H,5,6,7);;/q;;;;;;2*+1/p-2. The second-order valence-electron chi connectivity index (χ2n) is 7.19. The summed E-state index contributed by atoms with van der Waals surface area (Å²) in [6.45, 7) is 0. The van der Waals surface area contributed by atoms with Gasteiger partial charge in [0.1, 0.15) is 0 Å². The van der Waals surface area contributed by atoms with Gasteiger partial charge in [0.05, 0.1) is 46.5 Å². The van der Waals surface area contributed by atoms with Crippen molar-refractivity contribution in [1.82, 2.24) is 19.9 Å². The van der Waals surface area contributed by atoms with E-state index in [0.717, 1.165) is 0 Å². The van der Waals surface area contributed by atoms with Crippen molar-refractivity contribution < 1.29 is 97.0 Å². The fourth-order valence-corrected chi connectivity index (χ4v) is 1.71. The monoisotopic (exact) mass is 928 g/mol. The summed E-state index contributed by atoms with van der Waals surface area (Å²) in [6, 6.07) is 21.3. The molecule has 4 aromatic heterocycles. The molecule has 50 heavy (non-hydrogen) atoms. The molecular formula is C26H16Ag2F6N8O6S2. The summed E-state index contributed by atoms with van der Waals surface area (Å²) in [6.07, 6.45) is 12.8. The Balaban J connectivity index is -0.000000252. The zero-order valence-electron chi connectivity index (χ0n) is 24.0. The van der Waals surface area contributed by atoms with Gasteiger partial charge in [-0.25, -0.2) is 16.8 Å². The van der Waals surface area contributed by atoms with Crippen molar-refractivity contribution in [3.8, 4) is 24.3 Å². The van der Waals surface area contributed by atoms with Crippen molar-refractivity contribution >= 4 is 20.2 Å². The van der Waals surface area contributed by atoms with E-state index in [1.807, 2.05) is 24.3 Å². The number of aromatic nitrogens is 4. The zero-order valence-corrected chi connectivity index (χ0v) is 28.5. The van der Waals surface area contributed by atoms with Crippen LogP contribution in [-0.2, 0) is 65.0 Å². The van der Waals surface area contributed by atoms with E-state index >= 15 is 0 Å². The van der Waals surface area contributed by atoms with Gasteiger partial charge in [-0.15, -0.1) is 0 Å². The molecule has 272 valence electrons. The van der Waals surface area contributed by atoms with Gasteiger partial charge in [0.15, 0.2) is 20.2 Å². The second-order valence-corrected chi connectivity index (χ2v) is 9.93. The predicted molar refractivity (Wildman–Crippen MR) is 147 cm³/mol. The minimum Gasteiger partial charge on any atom is -0.741 e. The summed E-state index contributed by atoms with van der Waals surface area (Å²) in [5, 5.41) is 33.0. The number of nitriles is 4. The number of pyridine rings is 4. The Morgan fingerprint density at radius 1 is 0.440 bits per heavy atom. The molecule has 4 aromatic rings. The summed E-state index contributed by atoms with van der Waals surface area (Å²) in [5.41, 5.74) is -8.68. The normalized spacial score (nSPS) is 9.52. The van der Waals surface area contributed by atoms with Crippen molar-refractivity contribution in [3.63, 3.8) is 0 Å². The molecule has 0 saturated carbocycles. The molecule has 0 N–H and O–H groups in total. The first-order chi connectivity index (χ1) is 22.2. The van der Waals surface area contributed by atoms with Gasteiger partial charge in [-0.05, 0) is 48.5 Å². The third-order valence-corrected chi connectivity index (χ3v) is 4.94. The van der Waals surface area contributed by atoms with E-state index < -0.39 is 31.3 Å². The maximum absolute atomic E-state index is 10.7. The first kappa shape index (κ1) is 52.3. The quantitative estimate of drug-likeness (QED) is 0.105. The average Bonchev–Trinajstić information content (AvgIpc) is 3.06. The van der Waals surface area contributed by atoms with Crippen molar-refractivity contribution in [2.75, 3.05) is 0 Å². The van der Waals surface area contributed by atoms with E-state index in [4.69, 9.17) is 47.0 Å². The molecule has 0 aromatic carbocycles. The zero-order chi connectivity index (χ0) is 37.3. The first-order valence-electron chi connectivity index (χ1n) is 11.5. The van der Waals surface area contributed by atoms with Crippen LogP contribution in [0.5, 0.6) is 0 Å². The maximum atomic E-state index is 10.7. The molecule has 0 fully saturated rings. The molecule has 0 aliphatic rings. The summed E-state index contributed by atoms with van der Waals surface area (Å²) < 4.78 is 118. The van der Waals surface area contributed by atoms with Gasteiger partial charge in [-0.1, -0.05) is 0 Å². The van der Waals surface area contributed by atoms with Crippen LogP contribution in [-0.4, -0.2) is 56.9 Å². The third-order valence-electron chi connectivity index (χ3n) is 3.80. The largest absolute Gasteiger partial charge is 1.00 e. The Morgan fingerprint density at radius 3 is 0.620 bits per heavy atom. The fourth-order valence-electron chi connectivity index (χ4n) is 1.71. The Kier molecular flexibility index (Phi) is 28.5. The number of alkyl halides is 6. The van der Waals surface area contributed by atoms with Crippen LogP contribution in [0.2, 0.25) is 0 Å². The van der Waals surface area contributed by atoms with E-state index in [9.17, 15) is 26.3 Å². The van der Waals surface area contributed by atoms with Crippen LogP contribution in [0.15, 0.2) is 98.1 Å². The Morgan fingerprint density at radius 2 is 0.560 bits per heavy atom. The maximum Gasteiger partial charge on any atom is 1.00 e. The first-order valence-corrected chi connectivity index (χ1v) is 14.3. The summed E-state index contributed by atoms with van der Waals surface area (Å²) in [4.78, 5) is 15.0. The van der Waals surface area contributed by atoms with Crippen molar-refractivity contribution in [2.24, 2.45) is 0 Å². The molecule has 0 aliphatic carbocycles. The second kappa shape index (κ2) is 27.3. The molecule has 0 unspecified atom stereocenters. The van der Waals surface area contributed by atoms with Crippen molar-refractivity contribution in [2.45, 2.75) is 11.0 Å². The van der Waals surface area contributed by atoms with Crippen LogP contribution in [0.25, 0.3) is 0 Å². The number of halogens is 6. The molecule has 0 bridgehead atoms. The van der Waals surface area contributed by atoms with Crippen LogP contribution in [0, 0.1) is 45.3 Å². The van der Waals surface area contributed by atoms with Gasteiger partial charge in [0, 0.05) is 49.6 Å². The molecular weight excluding hydrogens is 914 g/mol.